The van der Waals surface area contributed by atoms with Crippen LogP contribution in [-0.4, -0.2) is 53.4 Å². The highest BCUT2D eigenvalue weighted by Gasteiger charge is 2.31. The molecule has 0 radical (unpaired) electrons. The number of carbonyl (C=O) groups excluding carboxylic acids is 1. The maximum absolute atomic E-state index is 14.5. The number of benzene rings is 2. The number of anilines is 1. The van der Waals surface area contributed by atoms with Gasteiger partial charge in [-0.25, -0.2) is 4.39 Å². The zero-order chi connectivity index (χ0) is 23.9. The van der Waals surface area contributed by atoms with Gasteiger partial charge in [-0.3, -0.25) is 4.79 Å². The van der Waals surface area contributed by atoms with Crippen molar-refractivity contribution in [2.75, 3.05) is 18.9 Å². The molecular formula is C23H23FN6O3S. The van der Waals surface area contributed by atoms with Crippen LogP contribution in [-0.2, 0) is 27.8 Å². The minimum absolute atomic E-state index is 0.0169. The molecule has 0 aliphatic carbocycles. The fraction of sp³-hybridized carbons (Fsp3) is 0.304. The van der Waals surface area contributed by atoms with Crippen molar-refractivity contribution in [2.24, 2.45) is 4.40 Å². The van der Waals surface area contributed by atoms with Crippen molar-refractivity contribution in [3.8, 4) is 11.4 Å². The second kappa shape index (κ2) is 8.64. The highest BCUT2D eigenvalue weighted by atomic mass is 32.2. The highest BCUT2D eigenvalue weighted by Crippen LogP contribution is 2.28. The lowest BCUT2D eigenvalue weighted by Gasteiger charge is -2.18. The van der Waals surface area contributed by atoms with E-state index in [0.717, 1.165) is 38.1 Å². The Bertz CT molecular complexity index is 1420. The Kier molecular flexibility index (Phi) is 5.64. The monoisotopic (exact) mass is 482 g/mol. The Balaban J connectivity index is 1.35. The van der Waals surface area contributed by atoms with Crippen LogP contribution in [0.25, 0.3) is 11.4 Å². The van der Waals surface area contributed by atoms with E-state index in [1.165, 1.54) is 17.0 Å². The van der Waals surface area contributed by atoms with Crippen molar-refractivity contribution in [2.45, 2.75) is 37.1 Å². The molecule has 0 saturated carbocycles. The topological polar surface area (TPSA) is 110 Å². The van der Waals surface area contributed by atoms with Gasteiger partial charge in [0.05, 0.1) is 12.2 Å². The van der Waals surface area contributed by atoms with Crippen molar-refractivity contribution in [3.05, 3.63) is 59.7 Å². The minimum Gasteiger partial charge on any atom is -0.349 e. The van der Waals surface area contributed by atoms with Crippen molar-refractivity contribution in [3.63, 3.8) is 0 Å². The van der Waals surface area contributed by atoms with Crippen molar-refractivity contribution in [1.82, 2.24) is 19.7 Å². The van der Waals surface area contributed by atoms with Gasteiger partial charge in [0.2, 0.25) is 5.91 Å². The van der Waals surface area contributed by atoms with E-state index in [1.807, 2.05) is 0 Å². The summed E-state index contributed by atoms with van der Waals surface area (Å²) in [6.07, 6.45) is 4.07. The molecule has 2 aliphatic rings. The lowest BCUT2D eigenvalue weighted by atomic mass is 10.1. The molecule has 2 aliphatic heterocycles. The number of nitrogens with zero attached hydrogens (tertiary/aromatic N) is 5. The number of hydrogen-bond acceptors (Lipinski definition) is 6. The van der Waals surface area contributed by atoms with Crippen LogP contribution in [0, 0.1) is 5.82 Å². The summed E-state index contributed by atoms with van der Waals surface area (Å²) < 4.78 is 45.0. The molecule has 5 rings (SSSR count). The molecule has 0 spiro atoms. The molecule has 0 fully saturated rings. The summed E-state index contributed by atoms with van der Waals surface area (Å²) >= 11 is 0. The zero-order valence-corrected chi connectivity index (χ0v) is 19.3. The molecule has 1 aromatic heterocycles. The first-order valence-corrected chi connectivity index (χ1v) is 12.4. The molecule has 0 bridgehead atoms. The van der Waals surface area contributed by atoms with Crippen molar-refractivity contribution in [1.29, 1.82) is 0 Å². The van der Waals surface area contributed by atoms with E-state index in [9.17, 15) is 17.6 Å². The third kappa shape index (κ3) is 4.07. The third-order valence-corrected chi connectivity index (χ3v) is 7.29. The largest absolute Gasteiger partial charge is 0.349 e. The molecule has 3 heterocycles. The fourth-order valence-corrected chi connectivity index (χ4v) is 5.55. The molecule has 2 aromatic carbocycles. The Morgan fingerprint density at radius 1 is 1.15 bits per heavy atom. The van der Waals surface area contributed by atoms with E-state index in [0.29, 0.717) is 17.0 Å². The molecule has 11 heteroatoms. The van der Waals surface area contributed by atoms with Gasteiger partial charge in [0, 0.05) is 31.1 Å². The van der Waals surface area contributed by atoms with Crippen LogP contribution in [0.15, 0.2) is 51.8 Å². The second-order valence-electron chi connectivity index (χ2n) is 8.39. The first kappa shape index (κ1) is 22.2. The molecule has 0 unspecified atom stereocenters. The number of halogens is 1. The summed E-state index contributed by atoms with van der Waals surface area (Å²) in [5.74, 6) is 0.638. The number of rotatable bonds is 4. The van der Waals surface area contributed by atoms with Crippen LogP contribution in [0.4, 0.5) is 10.1 Å². The number of carbonyl (C=O) groups is 1. The number of hydrogen-bond donors (Lipinski definition) is 1. The number of aryl methyl sites for hydroxylation is 1. The number of sulfonamides is 1. The van der Waals surface area contributed by atoms with Crippen LogP contribution >= 0.6 is 0 Å². The summed E-state index contributed by atoms with van der Waals surface area (Å²) in [5, 5.41) is 11.2. The van der Waals surface area contributed by atoms with E-state index in [2.05, 4.69) is 24.5 Å². The lowest BCUT2D eigenvalue weighted by molar-refractivity contribution is -0.116. The predicted molar refractivity (Wildman–Crippen MR) is 124 cm³/mol. The van der Waals surface area contributed by atoms with Gasteiger partial charge in [0.1, 0.15) is 16.5 Å². The van der Waals surface area contributed by atoms with Gasteiger partial charge >= 0.3 is 0 Å². The summed E-state index contributed by atoms with van der Waals surface area (Å²) in [7, 11) is -2.24. The van der Waals surface area contributed by atoms with Gasteiger partial charge in [-0.15, -0.1) is 14.6 Å². The summed E-state index contributed by atoms with van der Waals surface area (Å²) in [4.78, 5) is 14.3. The average Bonchev–Trinajstić information content (AvgIpc) is 3.23. The molecule has 0 saturated heterocycles. The van der Waals surface area contributed by atoms with Crippen LogP contribution in [0.3, 0.4) is 0 Å². The van der Waals surface area contributed by atoms with E-state index >= 15 is 0 Å². The second-order valence-corrected chi connectivity index (χ2v) is 9.96. The number of fused-ring (bicyclic) bond motifs is 2. The molecule has 3 aromatic rings. The Labute approximate surface area is 196 Å². The van der Waals surface area contributed by atoms with E-state index in [4.69, 9.17) is 0 Å². The Hall–Kier alpha value is -3.60. The molecular weight excluding hydrogens is 459 g/mol. The quantitative estimate of drug-likeness (QED) is 0.613. The zero-order valence-electron chi connectivity index (χ0n) is 18.5. The number of aromatic nitrogens is 3. The standard InChI is InChI=1S/C23H23FN6O3S/c1-29(23-16-7-4-5-8-19(16)34(32,33)28-23)14-21(31)25-18-13-15(10-11-17(18)24)22-27-26-20-9-3-2-6-12-30(20)22/h4-5,7-8,10-11,13H,2-3,6,9,12,14H2,1H3,(H,25,31). The molecule has 34 heavy (non-hydrogen) atoms. The summed E-state index contributed by atoms with van der Waals surface area (Å²) in [6.45, 7) is 0.584. The number of nitrogens with one attached hydrogen (secondary N) is 1. The normalized spacial score (nSPS) is 16.2. The maximum atomic E-state index is 14.5. The smallest absolute Gasteiger partial charge is 0.285 e. The third-order valence-electron chi connectivity index (χ3n) is 5.96. The van der Waals surface area contributed by atoms with Crippen LogP contribution in [0.2, 0.25) is 0 Å². The average molecular weight is 483 g/mol. The van der Waals surface area contributed by atoms with Crippen LogP contribution in [0.5, 0.6) is 0 Å². The molecule has 9 nitrogen and oxygen atoms in total. The van der Waals surface area contributed by atoms with Gasteiger partial charge in [-0.1, -0.05) is 18.6 Å². The van der Waals surface area contributed by atoms with E-state index in [-0.39, 0.29) is 23.0 Å². The first-order valence-electron chi connectivity index (χ1n) is 11.0. The summed E-state index contributed by atoms with van der Waals surface area (Å²) in [6, 6.07) is 10.9. The van der Waals surface area contributed by atoms with E-state index in [1.54, 1.807) is 37.4 Å². The summed E-state index contributed by atoms with van der Waals surface area (Å²) in [5.41, 5.74) is 1.10. The van der Waals surface area contributed by atoms with Gasteiger partial charge in [-0.05, 0) is 43.2 Å². The van der Waals surface area contributed by atoms with Gasteiger partial charge in [-0.2, -0.15) is 8.42 Å². The maximum Gasteiger partial charge on any atom is 0.285 e. The fourth-order valence-electron chi connectivity index (χ4n) is 4.30. The number of amides is 1. The highest BCUT2D eigenvalue weighted by molar-refractivity contribution is 7.90. The minimum atomic E-state index is -3.80. The number of amidine groups is 1. The van der Waals surface area contributed by atoms with Crippen molar-refractivity contribution >= 4 is 27.5 Å². The van der Waals surface area contributed by atoms with Gasteiger partial charge < -0.3 is 14.8 Å². The first-order chi connectivity index (χ1) is 16.3. The number of likely N-dealkylation sites (N-methyl/N-ethyl adjacent to an activating group) is 1. The lowest BCUT2D eigenvalue weighted by Crippen LogP contribution is -2.35. The molecule has 1 N–H and O–H groups in total. The van der Waals surface area contributed by atoms with Crippen LogP contribution < -0.4 is 5.32 Å². The SMILES string of the molecule is CN(CC(=O)Nc1cc(-c2nnc3n2CCCCC3)ccc1F)C1=NS(=O)(=O)c2ccccc21. The Morgan fingerprint density at radius 3 is 2.82 bits per heavy atom. The van der Waals surface area contributed by atoms with Gasteiger partial charge in [0.25, 0.3) is 10.0 Å². The predicted octanol–water partition coefficient (Wildman–Crippen LogP) is 2.83. The molecule has 176 valence electrons. The van der Waals surface area contributed by atoms with Crippen LogP contribution in [0.1, 0.15) is 30.7 Å². The van der Waals surface area contributed by atoms with E-state index < -0.39 is 21.7 Å². The molecule has 0 atom stereocenters. The Morgan fingerprint density at radius 2 is 1.97 bits per heavy atom. The van der Waals surface area contributed by atoms with Gasteiger partial charge in [0.15, 0.2) is 11.7 Å². The van der Waals surface area contributed by atoms with Crippen molar-refractivity contribution < 1.29 is 17.6 Å². The molecule has 1 amide bonds.